The Morgan fingerprint density at radius 1 is 1.56 bits per heavy atom. The van der Waals surface area contributed by atoms with E-state index in [4.69, 9.17) is 10.5 Å². The summed E-state index contributed by atoms with van der Waals surface area (Å²) in [5.74, 6) is 3.75. The number of para-hydroxylation sites is 1. The topological polar surface area (TPSA) is 53.1 Å². The van der Waals surface area contributed by atoms with Crippen molar-refractivity contribution in [1.29, 1.82) is 0 Å². The number of thioether (sulfide) groups is 1. The largest absolute Gasteiger partial charge is 0.492 e. The summed E-state index contributed by atoms with van der Waals surface area (Å²) < 4.78 is 7.78. The monoisotopic (exact) mass is 263 g/mol. The Labute approximate surface area is 111 Å². The summed E-state index contributed by atoms with van der Waals surface area (Å²) in [6.07, 6.45) is 1.17. The minimum Gasteiger partial charge on any atom is -0.492 e. The lowest BCUT2D eigenvalue weighted by Gasteiger charge is -2.13. The molecule has 1 aromatic carbocycles. The van der Waals surface area contributed by atoms with Crippen LogP contribution in [0.3, 0.4) is 0 Å². The number of anilines is 1. The molecular weight excluding hydrogens is 246 g/mol. The lowest BCUT2D eigenvalue weighted by atomic mass is 10.2. The molecule has 1 aliphatic heterocycles. The van der Waals surface area contributed by atoms with E-state index in [1.165, 1.54) is 12.2 Å². The molecule has 1 atom stereocenters. The highest BCUT2D eigenvalue weighted by molar-refractivity contribution is 7.99. The first-order valence-electron chi connectivity index (χ1n) is 6.28. The third-order valence-electron chi connectivity index (χ3n) is 3.28. The van der Waals surface area contributed by atoms with Gasteiger partial charge in [0, 0.05) is 11.8 Å². The molecule has 2 aromatic rings. The number of fused-ring (bicyclic) bond motifs is 1. The normalized spacial score (nSPS) is 19.5. The van der Waals surface area contributed by atoms with Gasteiger partial charge in [-0.3, -0.25) is 0 Å². The molecule has 1 saturated heterocycles. The van der Waals surface area contributed by atoms with Crippen molar-refractivity contribution in [2.75, 3.05) is 23.8 Å². The van der Waals surface area contributed by atoms with Crippen molar-refractivity contribution in [3.63, 3.8) is 0 Å². The fraction of sp³-hybridized carbons (Fsp3) is 0.462. The van der Waals surface area contributed by atoms with Crippen LogP contribution in [0.5, 0.6) is 5.75 Å². The molecule has 96 valence electrons. The predicted octanol–water partition coefficient (Wildman–Crippen LogP) is 2.70. The lowest BCUT2D eigenvalue weighted by Crippen LogP contribution is -2.10. The lowest BCUT2D eigenvalue weighted by molar-refractivity contribution is 0.343. The second-order valence-corrected chi connectivity index (χ2v) is 5.56. The van der Waals surface area contributed by atoms with Gasteiger partial charge in [-0.25, -0.2) is 4.98 Å². The molecule has 1 unspecified atom stereocenters. The summed E-state index contributed by atoms with van der Waals surface area (Å²) in [7, 11) is 0. The first-order valence-corrected chi connectivity index (χ1v) is 7.43. The molecule has 1 aromatic heterocycles. The molecule has 5 heteroatoms. The van der Waals surface area contributed by atoms with Gasteiger partial charge in [0.15, 0.2) is 0 Å². The zero-order chi connectivity index (χ0) is 12.5. The highest BCUT2D eigenvalue weighted by atomic mass is 32.2. The van der Waals surface area contributed by atoms with E-state index in [2.05, 4.69) is 15.6 Å². The number of nitrogens with zero attached hydrogens (tertiary/aromatic N) is 2. The molecule has 1 aliphatic rings. The van der Waals surface area contributed by atoms with E-state index in [0.29, 0.717) is 18.6 Å². The van der Waals surface area contributed by atoms with Gasteiger partial charge in [-0.15, -0.1) is 0 Å². The number of hydrogen-bond acceptors (Lipinski definition) is 4. The van der Waals surface area contributed by atoms with E-state index in [1.807, 2.05) is 30.8 Å². The molecule has 18 heavy (non-hydrogen) atoms. The van der Waals surface area contributed by atoms with Gasteiger partial charge in [-0.05, 0) is 31.2 Å². The maximum atomic E-state index is 6.09. The molecular formula is C13H17N3OS. The fourth-order valence-corrected chi connectivity index (χ4v) is 3.68. The molecule has 1 fully saturated rings. The molecule has 0 bridgehead atoms. The van der Waals surface area contributed by atoms with Gasteiger partial charge in [0.2, 0.25) is 5.95 Å². The summed E-state index contributed by atoms with van der Waals surface area (Å²) in [6.45, 7) is 2.62. The van der Waals surface area contributed by atoms with E-state index < -0.39 is 0 Å². The molecule has 0 saturated carbocycles. The van der Waals surface area contributed by atoms with Gasteiger partial charge in [-0.1, -0.05) is 6.07 Å². The standard InChI is InChI=1S/C13H17N3OS/c1-2-17-11-5-3-4-10-12(11)15-13(14)16(10)9-6-7-18-8-9/h3-5,9H,2,6-8H2,1H3,(H2,14,15). The van der Waals surface area contributed by atoms with Gasteiger partial charge in [0.1, 0.15) is 11.3 Å². The Balaban J connectivity index is 2.14. The van der Waals surface area contributed by atoms with Crippen molar-refractivity contribution in [1.82, 2.24) is 9.55 Å². The quantitative estimate of drug-likeness (QED) is 0.925. The fourth-order valence-electron chi connectivity index (χ4n) is 2.49. The van der Waals surface area contributed by atoms with Crippen molar-refractivity contribution in [3.8, 4) is 5.75 Å². The van der Waals surface area contributed by atoms with Crippen LogP contribution < -0.4 is 10.5 Å². The van der Waals surface area contributed by atoms with Gasteiger partial charge < -0.3 is 15.0 Å². The van der Waals surface area contributed by atoms with Crippen LogP contribution in [-0.2, 0) is 0 Å². The first-order chi connectivity index (χ1) is 8.81. The second kappa shape index (κ2) is 4.72. The first kappa shape index (κ1) is 11.7. The van der Waals surface area contributed by atoms with Gasteiger partial charge in [0.25, 0.3) is 0 Å². The molecule has 2 heterocycles. The average molecular weight is 263 g/mol. The van der Waals surface area contributed by atoms with E-state index >= 15 is 0 Å². The number of imidazole rings is 1. The van der Waals surface area contributed by atoms with Crippen LogP contribution in [-0.4, -0.2) is 27.7 Å². The summed E-state index contributed by atoms with van der Waals surface area (Å²) in [5, 5.41) is 0. The maximum absolute atomic E-state index is 6.09. The van der Waals surface area contributed by atoms with E-state index in [1.54, 1.807) is 0 Å². The van der Waals surface area contributed by atoms with Crippen molar-refractivity contribution in [2.24, 2.45) is 0 Å². The average Bonchev–Trinajstić information content (AvgIpc) is 2.96. The van der Waals surface area contributed by atoms with Gasteiger partial charge in [0.05, 0.1) is 12.1 Å². The van der Waals surface area contributed by atoms with E-state index in [9.17, 15) is 0 Å². The van der Waals surface area contributed by atoms with Crippen molar-refractivity contribution >= 4 is 28.7 Å². The summed E-state index contributed by atoms with van der Waals surface area (Å²) >= 11 is 1.98. The molecule has 0 amide bonds. The van der Waals surface area contributed by atoms with Crippen LogP contribution in [0.1, 0.15) is 19.4 Å². The van der Waals surface area contributed by atoms with Crippen LogP contribution in [0, 0.1) is 0 Å². The minimum atomic E-state index is 0.469. The molecule has 3 rings (SSSR count). The Hall–Kier alpha value is -1.36. The number of rotatable bonds is 3. The number of hydrogen-bond donors (Lipinski definition) is 1. The minimum absolute atomic E-state index is 0.469. The summed E-state index contributed by atoms with van der Waals surface area (Å²) in [6, 6.07) is 6.50. The Kier molecular flexibility index (Phi) is 3.07. The van der Waals surface area contributed by atoms with Crippen LogP contribution in [0.15, 0.2) is 18.2 Å². The van der Waals surface area contributed by atoms with Crippen molar-refractivity contribution in [2.45, 2.75) is 19.4 Å². The number of aromatic nitrogens is 2. The van der Waals surface area contributed by atoms with Crippen molar-refractivity contribution < 1.29 is 4.74 Å². The molecule has 2 N–H and O–H groups in total. The molecule has 4 nitrogen and oxygen atoms in total. The van der Waals surface area contributed by atoms with Crippen LogP contribution in [0.2, 0.25) is 0 Å². The predicted molar refractivity (Wildman–Crippen MR) is 76.3 cm³/mol. The highest BCUT2D eigenvalue weighted by Gasteiger charge is 2.22. The Morgan fingerprint density at radius 2 is 2.44 bits per heavy atom. The molecule has 0 radical (unpaired) electrons. The van der Waals surface area contributed by atoms with Crippen LogP contribution in [0.4, 0.5) is 5.95 Å². The number of nitrogen functional groups attached to an aromatic ring is 1. The third-order valence-corrected chi connectivity index (χ3v) is 4.43. The van der Waals surface area contributed by atoms with E-state index in [0.717, 1.165) is 22.5 Å². The Morgan fingerprint density at radius 3 is 3.17 bits per heavy atom. The second-order valence-electron chi connectivity index (χ2n) is 4.41. The molecule has 0 aliphatic carbocycles. The van der Waals surface area contributed by atoms with Crippen molar-refractivity contribution in [3.05, 3.63) is 18.2 Å². The SMILES string of the molecule is CCOc1cccc2c1nc(N)n2C1CCSC1. The zero-order valence-corrected chi connectivity index (χ0v) is 11.2. The van der Waals surface area contributed by atoms with Gasteiger partial charge in [-0.2, -0.15) is 11.8 Å². The summed E-state index contributed by atoms with van der Waals surface area (Å²) in [4.78, 5) is 4.48. The molecule has 0 spiro atoms. The Bertz CT molecular complexity index is 561. The highest BCUT2D eigenvalue weighted by Crippen LogP contribution is 2.35. The third kappa shape index (κ3) is 1.82. The van der Waals surface area contributed by atoms with Crippen LogP contribution >= 0.6 is 11.8 Å². The maximum Gasteiger partial charge on any atom is 0.201 e. The number of nitrogens with two attached hydrogens (primary N) is 1. The van der Waals surface area contributed by atoms with E-state index in [-0.39, 0.29) is 0 Å². The van der Waals surface area contributed by atoms with Crippen LogP contribution in [0.25, 0.3) is 11.0 Å². The number of ether oxygens (including phenoxy) is 1. The zero-order valence-electron chi connectivity index (χ0n) is 10.4. The number of benzene rings is 1. The summed E-state index contributed by atoms with van der Waals surface area (Å²) in [5.41, 5.74) is 8.06. The van der Waals surface area contributed by atoms with Gasteiger partial charge >= 0.3 is 0 Å². The smallest absolute Gasteiger partial charge is 0.201 e.